The molecule has 4 rings (SSSR count). The van der Waals surface area contributed by atoms with Crippen LogP contribution >= 0.6 is 11.6 Å². The highest BCUT2D eigenvalue weighted by Gasteiger charge is 2.21. The highest BCUT2D eigenvalue weighted by Crippen LogP contribution is 2.18. The Labute approximate surface area is 174 Å². The Kier molecular flexibility index (Phi) is 5.57. The van der Waals surface area contributed by atoms with Crippen molar-refractivity contribution in [2.45, 2.75) is 6.92 Å². The number of carbonyl (C=O) groups is 1. The van der Waals surface area contributed by atoms with Gasteiger partial charge in [-0.15, -0.1) is 0 Å². The van der Waals surface area contributed by atoms with E-state index in [1.54, 1.807) is 24.7 Å². The Morgan fingerprint density at radius 2 is 1.83 bits per heavy atom. The van der Waals surface area contributed by atoms with Crippen LogP contribution in [0.25, 0.3) is 11.9 Å². The molecule has 1 saturated heterocycles. The summed E-state index contributed by atoms with van der Waals surface area (Å²) in [4.78, 5) is 29.5. The summed E-state index contributed by atoms with van der Waals surface area (Å²) in [6, 6.07) is 9.41. The molecule has 2 aromatic heterocycles. The normalized spacial score (nSPS) is 14.6. The number of benzene rings is 1. The lowest BCUT2D eigenvalue weighted by Crippen LogP contribution is -2.48. The third-order valence-electron chi connectivity index (χ3n) is 4.94. The smallest absolute Gasteiger partial charge is 0.246 e. The molecule has 1 aliphatic rings. The number of piperazine rings is 1. The first-order valence-electron chi connectivity index (χ1n) is 9.40. The van der Waals surface area contributed by atoms with Crippen molar-refractivity contribution in [2.24, 2.45) is 0 Å². The molecule has 0 aliphatic carbocycles. The number of anilines is 1. The minimum Gasteiger partial charge on any atom is -0.353 e. The SMILES string of the molecule is Cc1nccn1-c1cc(N2CCN(C(=O)/C=C/c3ccccc3Cl)CC2)ncn1. The van der Waals surface area contributed by atoms with Gasteiger partial charge >= 0.3 is 0 Å². The highest BCUT2D eigenvalue weighted by atomic mass is 35.5. The monoisotopic (exact) mass is 408 g/mol. The molecule has 0 radical (unpaired) electrons. The minimum absolute atomic E-state index is 0.0120. The van der Waals surface area contributed by atoms with Crippen LogP contribution in [0.15, 0.2) is 55.1 Å². The molecule has 0 N–H and O–H groups in total. The lowest BCUT2D eigenvalue weighted by molar-refractivity contribution is -0.126. The molecule has 29 heavy (non-hydrogen) atoms. The summed E-state index contributed by atoms with van der Waals surface area (Å²) < 4.78 is 1.92. The fourth-order valence-corrected chi connectivity index (χ4v) is 3.49. The van der Waals surface area contributed by atoms with Crippen LogP contribution in [0.4, 0.5) is 5.82 Å². The number of imidazole rings is 1. The number of nitrogens with zero attached hydrogens (tertiary/aromatic N) is 6. The molecule has 1 aromatic carbocycles. The van der Waals surface area contributed by atoms with Crippen LogP contribution in [-0.2, 0) is 4.79 Å². The molecule has 0 unspecified atom stereocenters. The molecule has 3 aromatic rings. The number of carbonyl (C=O) groups excluding carboxylic acids is 1. The van der Waals surface area contributed by atoms with Gasteiger partial charge in [-0.1, -0.05) is 29.8 Å². The topological polar surface area (TPSA) is 67.2 Å². The zero-order valence-corrected chi connectivity index (χ0v) is 16.8. The van der Waals surface area contributed by atoms with Crippen molar-refractivity contribution in [3.63, 3.8) is 0 Å². The molecule has 8 heteroatoms. The van der Waals surface area contributed by atoms with Crippen LogP contribution in [0.3, 0.4) is 0 Å². The maximum Gasteiger partial charge on any atom is 0.246 e. The minimum atomic E-state index is -0.0120. The summed E-state index contributed by atoms with van der Waals surface area (Å²) in [5, 5.41) is 0.633. The van der Waals surface area contributed by atoms with Gasteiger partial charge in [-0.05, 0) is 24.6 Å². The van der Waals surface area contributed by atoms with Gasteiger partial charge in [0.15, 0.2) is 0 Å². The maximum atomic E-state index is 12.5. The average molecular weight is 409 g/mol. The Morgan fingerprint density at radius 3 is 2.55 bits per heavy atom. The van der Waals surface area contributed by atoms with E-state index in [2.05, 4.69) is 19.9 Å². The fourth-order valence-electron chi connectivity index (χ4n) is 3.29. The summed E-state index contributed by atoms with van der Waals surface area (Å²) in [5.41, 5.74) is 0.837. The van der Waals surface area contributed by atoms with Crippen LogP contribution in [0.1, 0.15) is 11.4 Å². The van der Waals surface area contributed by atoms with Gasteiger partial charge in [0, 0.05) is 55.7 Å². The van der Waals surface area contributed by atoms with Crippen molar-refractivity contribution in [2.75, 3.05) is 31.1 Å². The first-order valence-corrected chi connectivity index (χ1v) is 9.78. The van der Waals surface area contributed by atoms with Crippen LogP contribution in [0.5, 0.6) is 0 Å². The van der Waals surface area contributed by atoms with Crippen molar-refractivity contribution in [1.82, 2.24) is 24.4 Å². The first-order chi connectivity index (χ1) is 14.1. The highest BCUT2D eigenvalue weighted by molar-refractivity contribution is 6.32. The van der Waals surface area contributed by atoms with E-state index in [-0.39, 0.29) is 5.91 Å². The second-order valence-corrected chi connectivity index (χ2v) is 7.15. The Hall–Kier alpha value is -3.19. The molecule has 1 amide bonds. The predicted molar refractivity (Wildman–Crippen MR) is 113 cm³/mol. The van der Waals surface area contributed by atoms with E-state index in [0.29, 0.717) is 31.2 Å². The van der Waals surface area contributed by atoms with Crippen molar-refractivity contribution in [3.8, 4) is 5.82 Å². The van der Waals surface area contributed by atoms with Crippen molar-refractivity contribution < 1.29 is 4.79 Å². The van der Waals surface area contributed by atoms with Gasteiger partial charge in [0.25, 0.3) is 0 Å². The lowest BCUT2D eigenvalue weighted by Gasteiger charge is -2.35. The quantitative estimate of drug-likeness (QED) is 0.621. The maximum absolute atomic E-state index is 12.5. The number of rotatable bonds is 4. The molecular weight excluding hydrogens is 388 g/mol. The zero-order chi connectivity index (χ0) is 20.2. The van der Waals surface area contributed by atoms with E-state index in [4.69, 9.17) is 11.6 Å². The van der Waals surface area contributed by atoms with Gasteiger partial charge in [0.1, 0.15) is 23.8 Å². The van der Waals surface area contributed by atoms with Gasteiger partial charge in [0.2, 0.25) is 5.91 Å². The molecule has 0 atom stereocenters. The number of aryl methyl sites for hydroxylation is 1. The van der Waals surface area contributed by atoms with Crippen LogP contribution in [0, 0.1) is 6.92 Å². The number of hydrogen-bond acceptors (Lipinski definition) is 5. The molecule has 1 aliphatic heterocycles. The van der Waals surface area contributed by atoms with Crippen LogP contribution < -0.4 is 4.90 Å². The molecular formula is C21H21ClN6O. The third-order valence-corrected chi connectivity index (χ3v) is 5.28. The van der Waals surface area contributed by atoms with Crippen LogP contribution in [0.2, 0.25) is 5.02 Å². The number of hydrogen-bond donors (Lipinski definition) is 0. The molecule has 1 fully saturated rings. The van der Waals surface area contributed by atoms with Crippen molar-refractivity contribution in [1.29, 1.82) is 0 Å². The fraction of sp³-hybridized carbons (Fsp3) is 0.238. The number of amides is 1. The van der Waals surface area contributed by atoms with Gasteiger partial charge in [-0.3, -0.25) is 9.36 Å². The second kappa shape index (κ2) is 8.45. The van der Waals surface area contributed by atoms with E-state index >= 15 is 0 Å². The van der Waals surface area contributed by atoms with Crippen molar-refractivity contribution >= 4 is 29.4 Å². The van der Waals surface area contributed by atoms with Gasteiger partial charge < -0.3 is 9.80 Å². The molecule has 7 nitrogen and oxygen atoms in total. The van der Waals surface area contributed by atoms with E-state index in [1.165, 1.54) is 0 Å². The first kappa shape index (κ1) is 19.1. The largest absolute Gasteiger partial charge is 0.353 e. The molecule has 148 valence electrons. The number of aromatic nitrogens is 4. The molecule has 0 spiro atoms. The van der Waals surface area contributed by atoms with Gasteiger partial charge in [0.05, 0.1) is 0 Å². The summed E-state index contributed by atoms with van der Waals surface area (Å²) in [6.45, 7) is 4.63. The van der Waals surface area contributed by atoms with Gasteiger partial charge in [-0.25, -0.2) is 15.0 Å². The van der Waals surface area contributed by atoms with Gasteiger partial charge in [-0.2, -0.15) is 0 Å². The van der Waals surface area contributed by atoms with Crippen molar-refractivity contribution in [3.05, 3.63) is 71.5 Å². The lowest BCUT2D eigenvalue weighted by atomic mass is 10.2. The summed E-state index contributed by atoms with van der Waals surface area (Å²) in [7, 11) is 0. The standard InChI is InChI=1S/C21H21ClN6O/c1-16-23-8-9-28(16)20-14-19(24-15-25-20)26-10-12-27(13-11-26)21(29)7-6-17-4-2-3-5-18(17)22/h2-9,14-15H,10-13H2,1H3/b7-6+. The Balaban J connectivity index is 1.39. The van der Waals surface area contributed by atoms with E-state index in [9.17, 15) is 4.79 Å². The van der Waals surface area contributed by atoms with E-state index in [0.717, 1.165) is 23.0 Å². The second-order valence-electron chi connectivity index (χ2n) is 6.75. The Bertz CT molecular complexity index is 1040. The third kappa shape index (κ3) is 4.30. The summed E-state index contributed by atoms with van der Waals surface area (Å²) in [6.07, 6.45) is 8.54. The van der Waals surface area contributed by atoms with Crippen LogP contribution in [-0.4, -0.2) is 56.5 Å². The average Bonchev–Trinajstić information content (AvgIpc) is 3.19. The molecule has 0 bridgehead atoms. The molecule has 3 heterocycles. The summed E-state index contributed by atoms with van der Waals surface area (Å²) >= 11 is 6.14. The number of halogens is 1. The van der Waals surface area contributed by atoms with E-state index < -0.39 is 0 Å². The predicted octanol–water partition coefficient (Wildman–Crippen LogP) is 2.99. The Morgan fingerprint density at radius 1 is 1.07 bits per heavy atom. The zero-order valence-electron chi connectivity index (χ0n) is 16.1. The molecule has 0 saturated carbocycles. The summed E-state index contributed by atoms with van der Waals surface area (Å²) in [5.74, 6) is 2.49. The van der Waals surface area contributed by atoms with E-state index in [1.807, 2.05) is 52.9 Å².